The number of primary amides is 1. The molecule has 102 valence electrons. The number of nitrogens with zero attached hydrogens (tertiary/aromatic N) is 2. The van der Waals surface area contributed by atoms with Crippen molar-refractivity contribution in [1.82, 2.24) is 14.1 Å². The molecule has 0 aliphatic carbocycles. The van der Waals surface area contributed by atoms with E-state index in [0.29, 0.717) is 19.0 Å². The molecule has 1 atom stereocenters. The first-order chi connectivity index (χ1) is 8.42. The summed E-state index contributed by atoms with van der Waals surface area (Å²) in [5.41, 5.74) is 4.59. The van der Waals surface area contributed by atoms with Gasteiger partial charge in [-0.25, -0.2) is 0 Å². The van der Waals surface area contributed by atoms with Crippen LogP contribution in [-0.2, 0) is 4.79 Å². The summed E-state index contributed by atoms with van der Waals surface area (Å²) in [6.07, 6.45) is 0.802. The lowest BCUT2D eigenvalue weighted by atomic mass is 9.93. The number of hydrogen-bond acceptors (Lipinski definition) is 7. The molecule has 4 N–H and O–H groups in total. The van der Waals surface area contributed by atoms with Crippen LogP contribution in [0.5, 0.6) is 5.88 Å². The van der Waals surface area contributed by atoms with E-state index in [9.17, 15) is 9.90 Å². The average Bonchev–Trinajstić information content (AvgIpc) is 2.78. The number of nitrogens with two attached hydrogens (primary N) is 1. The molecule has 0 fully saturated rings. The molecular weight excluding hydrogens is 256 g/mol. The Hall–Kier alpha value is -1.25. The van der Waals surface area contributed by atoms with Gasteiger partial charge in [-0.2, -0.15) is 4.37 Å². The third kappa shape index (κ3) is 4.94. The van der Waals surface area contributed by atoms with Gasteiger partial charge in [0, 0.05) is 13.1 Å². The number of aromatic nitrogens is 2. The number of amides is 1. The molecule has 0 radical (unpaired) electrons. The fourth-order valence-electron chi connectivity index (χ4n) is 1.10. The second kappa shape index (κ2) is 6.62. The lowest BCUT2D eigenvalue weighted by Crippen LogP contribution is -2.43. The maximum atomic E-state index is 11.1. The van der Waals surface area contributed by atoms with Gasteiger partial charge in [0.15, 0.2) is 0 Å². The molecule has 1 unspecified atom stereocenters. The normalized spacial score (nSPS) is 13.3. The van der Waals surface area contributed by atoms with Gasteiger partial charge >= 0.3 is 0 Å². The zero-order chi connectivity index (χ0) is 13.6. The first-order valence-corrected chi connectivity index (χ1v) is 6.24. The molecule has 0 spiro atoms. The van der Waals surface area contributed by atoms with Crippen molar-refractivity contribution in [2.24, 2.45) is 11.1 Å². The molecule has 1 aromatic heterocycles. The molecule has 1 aromatic rings. The topological polar surface area (TPSA) is 110 Å². The minimum atomic E-state index is -0.685. The molecule has 0 bridgehead atoms. The van der Waals surface area contributed by atoms with E-state index in [1.165, 1.54) is 6.20 Å². The highest BCUT2D eigenvalue weighted by atomic mass is 32.1. The smallest absolute Gasteiger partial charge is 0.245 e. The fraction of sp³-hybridized carbons (Fsp3) is 0.700. The second-order valence-corrected chi connectivity index (χ2v) is 5.15. The molecule has 18 heavy (non-hydrogen) atoms. The largest absolute Gasteiger partial charge is 0.473 e. The van der Waals surface area contributed by atoms with Gasteiger partial charge in [-0.1, -0.05) is 0 Å². The Morgan fingerprint density at radius 1 is 1.72 bits per heavy atom. The Kier molecular flexibility index (Phi) is 5.45. The van der Waals surface area contributed by atoms with Crippen molar-refractivity contribution >= 4 is 17.6 Å². The van der Waals surface area contributed by atoms with Crippen LogP contribution in [0.1, 0.15) is 13.8 Å². The molecule has 1 amide bonds. The van der Waals surface area contributed by atoms with E-state index in [1.54, 1.807) is 13.8 Å². The third-order valence-electron chi connectivity index (χ3n) is 2.38. The molecule has 0 saturated heterocycles. The summed E-state index contributed by atoms with van der Waals surface area (Å²) in [7, 11) is 0. The average molecular weight is 274 g/mol. The van der Waals surface area contributed by atoms with Crippen molar-refractivity contribution < 1.29 is 14.6 Å². The van der Waals surface area contributed by atoms with Crippen LogP contribution < -0.4 is 15.8 Å². The van der Waals surface area contributed by atoms with Crippen LogP contribution in [0.15, 0.2) is 6.20 Å². The van der Waals surface area contributed by atoms with Crippen LogP contribution in [0.2, 0.25) is 0 Å². The number of ether oxygens (including phenoxy) is 1. The van der Waals surface area contributed by atoms with Gasteiger partial charge in [0.2, 0.25) is 11.8 Å². The Bertz CT molecular complexity index is 369. The van der Waals surface area contributed by atoms with Crippen LogP contribution in [0, 0.1) is 5.41 Å². The van der Waals surface area contributed by atoms with Gasteiger partial charge < -0.3 is 20.9 Å². The van der Waals surface area contributed by atoms with E-state index < -0.39 is 11.5 Å². The number of carbonyl (C=O) groups excluding carboxylic acids is 1. The standard InChI is InChI=1S/C10H18N4O3S/c1-10(2,9(11)16)6-12-3-7(15)5-17-8-4-13-18-14-8/h4,7,12,15H,3,5-6H2,1-2H3,(H2,11,16). The molecule has 1 rings (SSSR count). The maximum Gasteiger partial charge on any atom is 0.245 e. The molecule has 7 nitrogen and oxygen atoms in total. The monoisotopic (exact) mass is 274 g/mol. The number of aliphatic hydroxyl groups is 1. The van der Waals surface area contributed by atoms with Crippen LogP contribution >= 0.6 is 11.7 Å². The van der Waals surface area contributed by atoms with Crippen molar-refractivity contribution in [2.45, 2.75) is 20.0 Å². The molecule has 1 heterocycles. The number of hydrogen-bond donors (Lipinski definition) is 3. The molecular formula is C10H18N4O3S. The minimum absolute atomic E-state index is 0.120. The lowest BCUT2D eigenvalue weighted by Gasteiger charge is -2.21. The summed E-state index contributed by atoms with van der Waals surface area (Å²) in [5.74, 6) is 0.0193. The number of carbonyl (C=O) groups is 1. The van der Waals surface area contributed by atoms with Gasteiger partial charge in [-0.3, -0.25) is 4.79 Å². The van der Waals surface area contributed by atoms with E-state index in [1.807, 2.05) is 0 Å². The molecule has 0 aliphatic rings. The van der Waals surface area contributed by atoms with Gasteiger partial charge in [-0.05, 0) is 13.8 Å². The number of aliphatic hydroxyl groups excluding tert-OH is 1. The molecule has 0 saturated carbocycles. The van der Waals surface area contributed by atoms with Crippen molar-refractivity contribution in [3.8, 4) is 5.88 Å². The quantitative estimate of drug-likeness (QED) is 0.582. The van der Waals surface area contributed by atoms with Gasteiger partial charge in [0.1, 0.15) is 18.9 Å². The van der Waals surface area contributed by atoms with Crippen molar-refractivity contribution in [3.05, 3.63) is 6.20 Å². The zero-order valence-corrected chi connectivity index (χ0v) is 11.2. The van der Waals surface area contributed by atoms with E-state index in [0.717, 1.165) is 11.7 Å². The highest BCUT2D eigenvalue weighted by Gasteiger charge is 2.24. The van der Waals surface area contributed by atoms with Gasteiger partial charge in [0.05, 0.1) is 17.1 Å². The van der Waals surface area contributed by atoms with E-state index in [-0.39, 0.29) is 12.5 Å². The summed E-state index contributed by atoms with van der Waals surface area (Å²) < 4.78 is 12.8. The molecule has 0 aromatic carbocycles. The van der Waals surface area contributed by atoms with Crippen LogP contribution in [0.4, 0.5) is 0 Å². The minimum Gasteiger partial charge on any atom is -0.473 e. The Labute approximate surface area is 110 Å². The summed E-state index contributed by atoms with van der Waals surface area (Å²) in [6.45, 7) is 4.32. The van der Waals surface area contributed by atoms with Crippen molar-refractivity contribution in [2.75, 3.05) is 19.7 Å². The summed E-state index contributed by atoms with van der Waals surface area (Å²) in [4.78, 5) is 11.1. The van der Waals surface area contributed by atoms with E-state index in [4.69, 9.17) is 10.5 Å². The first-order valence-electron chi connectivity index (χ1n) is 5.51. The fourth-order valence-corrected chi connectivity index (χ4v) is 1.46. The first kappa shape index (κ1) is 14.8. The zero-order valence-electron chi connectivity index (χ0n) is 10.4. The second-order valence-electron chi connectivity index (χ2n) is 4.59. The van der Waals surface area contributed by atoms with E-state index in [2.05, 4.69) is 14.1 Å². The number of nitrogens with one attached hydrogen (secondary N) is 1. The molecule has 8 heteroatoms. The van der Waals surface area contributed by atoms with Crippen molar-refractivity contribution in [1.29, 1.82) is 0 Å². The Morgan fingerprint density at radius 2 is 2.44 bits per heavy atom. The SMILES string of the molecule is CC(C)(CNCC(O)COc1cnsn1)C(N)=O. The van der Waals surface area contributed by atoms with E-state index >= 15 is 0 Å². The summed E-state index contributed by atoms with van der Waals surface area (Å²) in [5, 5.41) is 12.6. The highest BCUT2D eigenvalue weighted by molar-refractivity contribution is 6.99. The molecule has 0 aliphatic heterocycles. The third-order valence-corrected chi connectivity index (χ3v) is 2.84. The van der Waals surface area contributed by atoms with Crippen LogP contribution in [0.3, 0.4) is 0 Å². The Morgan fingerprint density at radius 3 is 3.00 bits per heavy atom. The van der Waals surface area contributed by atoms with Crippen LogP contribution in [0.25, 0.3) is 0 Å². The lowest BCUT2D eigenvalue weighted by molar-refractivity contribution is -0.125. The Balaban J connectivity index is 2.17. The van der Waals surface area contributed by atoms with Crippen molar-refractivity contribution in [3.63, 3.8) is 0 Å². The summed E-state index contributed by atoms with van der Waals surface area (Å²) >= 11 is 1.04. The number of rotatable bonds is 8. The van der Waals surface area contributed by atoms with Gasteiger partial charge in [-0.15, -0.1) is 4.37 Å². The van der Waals surface area contributed by atoms with Gasteiger partial charge in [0.25, 0.3) is 0 Å². The van der Waals surface area contributed by atoms with Crippen LogP contribution in [-0.4, -0.2) is 45.6 Å². The summed E-state index contributed by atoms with van der Waals surface area (Å²) in [6, 6.07) is 0. The highest BCUT2D eigenvalue weighted by Crippen LogP contribution is 2.11. The predicted molar refractivity (Wildman–Crippen MR) is 67.3 cm³/mol. The predicted octanol–water partition coefficient (Wildman–Crippen LogP) is -0.621. The maximum absolute atomic E-state index is 11.1.